The lowest BCUT2D eigenvalue weighted by Gasteiger charge is -2.09. The number of carbonyl (C=O) groups is 2. The van der Waals surface area contributed by atoms with Crippen molar-refractivity contribution < 1.29 is 24.2 Å². The van der Waals surface area contributed by atoms with Gasteiger partial charge in [-0.15, -0.1) is 0 Å². The smallest absolute Gasteiger partial charge is 0.432 e. The van der Waals surface area contributed by atoms with Crippen molar-refractivity contribution in [3.63, 3.8) is 0 Å². The van der Waals surface area contributed by atoms with Crippen LogP contribution in [0, 0.1) is 0 Å². The summed E-state index contributed by atoms with van der Waals surface area (Å²) in [6, 6.07) is 0. The number of aliphatic imine (C=N–C) groups is 1. The molecule has 0 aliphatic heterocycles. The van der Waals surface area contributed by atoms with Crippen molar-refractivity contribution in [2.75, 3.05) is 14.2 Å². The zero-order valence-electron chi connectivity index (χ0n) is 8.60. The number of nitrogens with zero attached hydrogens (tertiary/aromatic N) is 1. The second kappa shape index (κ2) is 7.74. The molecule has 2 N–H and O–H groups in total. The lowest BCUT2D eigenvalue weighted by molar-refractivity contribution is 0.107. The summed E-state index contributed by atoms with van der Waals surface area (Å²) >= 11 is 0. The molecule has 0 saturated heterocycles. The molecule has 1 atom stereocenters. The average molecular weight is 218 g/mol. The zero-order chi connectivity index (χ0) is 11.7. The van der Waals surface area contributed by atoms with E-state index in [1.807, 2.05) is 0 Å². The lowest BCUT2D eigenvalue weighted by Crippen LogP contribution is -2.34. The van der Waals surface area contributed by atoms with Gasteiger partial charge in [0.1, 0.15) is 6.23 Å². The Kier molecular flexibility index (Phi) is 6.90. The highest BCUT2D eigenvalue weighted by Crippen LogP contribution is 1.92. The van der Waals surface area contributed by atoms with Gasteiger partial charge >= 0.3 is 12.2 Å². The maximum atomic E-state index is 10.6. The molecule has 0 rings (SSSR count). The number of nitrogens with one attached hydrogen (secondary N) is 1. The summed E-state index contributed by atoms with van der Waals surface area (Å²) in [4.78, 5) is 24.5. The molecule has 0 aromatic heterocycles. The SMILES string of the molecule is COC(=O)N=CCCC(O)NC(=O)OC. The molecule has 15 heavy (non-hydrogen) atoms. The predicted molar refractivity (Wildman–Crippen MR) is 51.7 cm³/mol. The number of aliphatic hydroxyl groups excluding tert-OH is 1. The van der Waals surface area contributed by atoms with E-state index in [0.717, 1.165) is 0 Å². The second-order valence-electron chi connectivity index (χ2n) is 2.51. The summed E-state index contributed by atoms with van der Waals surface area (Å²) in [7, 11) is 2.41. The van der Waals surface area contributed by atoms with Gasteiger partial charge in [0.25, 0.3) is 0 Å². The molecule has 0 spiro atoms. The molecule has 7 heteroatoms. The van der Waals surface area contributed by atoms with E-state index in [-0.39, 0.29) is 6.42 Å². The molecule has 1 unspecified atom stereocenters. The minimum Gasteiger partial charge on any atom is -0.453 e. The third kappa shape index (κ3) is 7.44. The number of rotatable bonds is 4. The number of hydrogen-bond donors (Lipinski definition) is 2. The maximum Gasteiger partial charge on any atom is 0.432 e. The predicted octanol–water partition coefficient (Wildman–Crippen LogP) is 0.278. The van der Waals surface area contributed by atoms with Crippen molar-refractivity contribution >= 4 is 18.4 Å². The van der Waals surface area contributed by atoms with Gasteiger partial charge in [-0.25, -0.2) is 9.59 Å². The van der Waals surface area contributed by atoms with Crippen LogP contribution in [0.15, 0.2) is 4.99 Å². The molecule has 0 saturated carbocycles. The molecule has 2 amide bonds. The normalized spacial score (nSPS) is 12.2. The Balaban J connectivity index is 3.63. The Morgan fingerprint density at radius 1 is 1.47 bits per heavy atom. The fraction of sp³-hybridized carbons (Fsp3) is 0.625. The highest BCUT2D eigenvalue weighted by molar-refractivity contribution is 5.79. The van der Waals surface area contributed by atoms with E-state index < -0.39 is 18.4 Å². The van der Waals surface area contributed by atoms with E-state index >= 15 is 0 Å². The quantitative estimate of drug-likeness (QED) is 0.521. The topological polar surface area (TPSA) is 97.2 Å². The van der Waals surface area contributed by atoms with Gasteiger partial charge < -0.3 is 14.6 Å². The van der Waals surface area contributed by atoms with Crippen LogP contribution in [0.4, 0.5) is 9.59 Å². The Hall–Kier alpha value is -1.63. The summed E-state index contributed by atoms with van der Waals surface area (Å²) in [5.74, 6) is 0. The molecule has 0 heterocycles. The molecule has 0 aromatic rings. The molecular weight excluding hydrogens is 204 g/mol. The van der Waals surface area contributed by atoms with Gasteiger partial charge in [0.05, 0.1) is 14.2 Å². The van der Waals surface area contributed by atoms with Crippen molar-refractivity contribution in [1.82, 2.24) is 5.32 Å². The van der Waals surface area contributed by atoms with Crippen molar-refractivity contribution in [3.05, 3.63) is 0 Å². The van der Waals surface area contributed by atoms with Gasteiger partial charge in [-0.1, -0.05) is 0 Å². The third-order valence-corrected chi connectivity index (χ3v) is 1.41. The van der Waals surface area contributed by atoms with Crippen molar-refractivity contribution in [1.29, 1.82) is 0 Å². The number of methoxy groups -OCH3 is 2. The molecule has 7 nitrogen and oxygen atoms in total. The molecule has 0 aliphatic carbocycles. The molecule has 0 bridgehead atoms. The number of aliphatic hydroxyl groups is 1. The summed E-state index contributed by atoms with van der Waals surface area (Å²) in [6.07, 6.45) is -0.580. The molecule has 0 fully saturated rings. The van der Waals surface area contributed by atoms with Crippen LogP contribution >= 0.6 is 0 Å². The van der Waals surface area contributed by atoms with Crippen LogP contribution in [0.25, 0.3) is 0 Å². The molecule has 0 aliphatic rings. The van der Waals surface area contributed by atoms with Gasteiger partial charge in [-0.3, -0.25) is 5.32 Å². The first-order chi connectivity index (χ1) is 7.10. The number of alkyl carbamates (subject to hydrolysis) is 1. The zero-order valence-corrected chi connectivity index (χ0v) is 8.60. The summed E-state index contributed by atoms with van der Waals surface area (Å²) in [6.45, 7) is 0. The van der Waals surface area contributed by atoms with Crippen LogP contribution in [0.3, 0.4) is 0 Å². The highest BCUT2D eigenvalue weighted by atomic mass is 16.5. The van der Waals surface area contributed by atoms with Crippen LogP contribution in [0.5, 0.6) is 0 Å². The first-order valence-corrected chi connectivity index (χ1v) is 4.23. The fourth-order valence-corrected chi connectivity index (χ4v) is 0.691. The van der Waals surface area contributed by atoms with E-state index in [9.17, 15) is 14.7 Å². The van der Waals surface area contributed by atoms with Gasteiger partial charge in [0.15, 0.2) is 0 Å². The van der Waals surface area contributed by atoms with Gasteiger partial charge in [-0.2, -0.15) is 4.99 Å². The van der Waals surface area contributed by atoms with Gasteiger partial charge in [0, 0.05) is 6.21 Å². The van der Waals surface area contributed by atoms with Crippen LogP contribution < -0.4 is 5.32 Å². The van der Waals surface area contributed by atoms with Gasteiger partial charge in [0.2, 0.25) is 0 Å². The number of hydrogen-bond acceptors (Lipinski definition) is 5. The fourth-order valence-electron chi connectivity index (χ4n) is 0.691. The number of amides is 2. The molecule has 0 aromatic carbocycles. The Morgan fingerprint density at radius 3 is 2.67 bits per heavy atom. The minimum atomic E-state index is -1.03. The first kappa shape index (κ1) is 13.4. The Morgan fingerprint density at radius 2 is 2.13 bits per heavy atom. The minimum absolute atomic E-state index is 0.232. The number of carbonyl (C=O) groups excluding carboxylic acids is 2. The average Bonchev–Trinajstić information content (AvgIpc) is 2.23. The largest absolute Gasteiger partial charge is 0.453 e. The van der Waals surface area contributed by atoms with E-state index in [1.54, 1.807) is 0 Å². The number of ether oxygens (including phenoxy) is 2. The van der Waals surface area contributed by atoms with Crippen LogP contribution in [-0.2, 0) is 9.47 Å². The Bertz CT molecular complexity index is 241. The van der Waals surface area contributed by atoms with E-state index in [1.165, 1.54) is 20.4 Å². The Labute approximate surface area is 87.1 Å². The van der Waals surface area contributed by atoms with E-state index in [0.29, 0.717) is 6.42 Å². The molecule has 0 radical (unpaired) electrons. The van der Waals surface area contributed by atoms with Crippen molar-refractivity contribution in [2.45, 2.75) is 19.1 Å². The van der Waals surface area contributed by atoms with Gasteiger partial charge in [-0.05, 0) is 12.8 Å². The maximum absolute atomic E-state index is 10.6. The highest BCUT2D eigenvalue weighted by Gasteiger charge is 2.06. The molecule has 86 valence electrons. The first-order valence-electron chi connectivity index (χ1n) is 4.23. The lowest BCUT2D eigenvalue weighted by atomic mass is 10.3. The summed E-state index contributed by atoms with van der Waals surface area (Å²) in [5, 5.41) is 11.3. The summed E-state index contributed by atoms with van der Waals surface area (Å²) in [5.41, 5.74) is 0. The van der Waals surface area contributed by atoms with Crippen LogP contribution in [0.2, 0.25) is 0 Å². The van der Waals surface area contributed by atoms with E-state index in [2.05, 4.69) is 19.8 Å². The van der Waals surface area contributed by atoms with Crippen LogP contribution in [0.1, 0.15) is 12.8 Å². The monoisotopic (exact) mass is 218 g/mol. The second-order valence-corrected chi connectivity index (χ2v) is 2.51. The standard InChI is InChI=1S/C8H14N2O5/c1-14-7(12)9-5-3-4-6(11)10-8(13)15-2/h5-6,11H,3-4H2,1-2H3,(H,10,13). The summed E-state index contributed by atoms with van der Waals surface area (Å²) < 4.78 is 8.52. The van der Waals surface area contributed by atoms with Crippen LogP contribution in [-0.4, -0.2) is 44.0 Å². The third-order valence-electron chi connectivity index (χ3n) is 1.41. The molecular formula is C8H14N2O5. The van der Waals surface area contributed by atoms with Crippen molar-refractivity contribution in [2.24, 2.45) is 4.99 Å². The van der Waals surface area contributed by atoms with E-state index in [4.69, 9.17) is 0 Å². The van der Waals surface area contributed by atoms with Crippen molar-refractivity contribution in [3.8, 4) is 0 Å².